The number of phosphoric ester groups is 1. The molecule has 3 atom stereocenters. The van der Waals surface area contributed by atoms with Gasteiger partial charge >= 0.3 is 7.82 Å². The number of carbonyl (C=O) groups excluding carboxylic acids is 1. The molecule has 0 aromatic heterocycles. The highest BCUT2D eigenvalue weighted by atomic mass is 31.2. The summed E-state index contributed by atoms with van der Waals surface area (Å²) >= 11 is 0. The van der Waals surface area contributed by atoms with Crippen molar-refractivity contribution in [1.29, 1.82) is 0 Å². The van der Waals surface area contributed by atoms with Gasteiger partial charge in [-0.2, -0.15) is 0 Å². The Morgan fingerprint density at radius 2 is 1.45 bits per heavy atom. The molecule has 40 heavy (non-hydrogen) atoms. The van der Waals surface area contributed by atoms with Crippen molar-refractivity contribution in [1.82, 2.24) is 5.32 Å². The van der Waals surface area contributed by atoms with Crippen LogP contribution in [0.3, 0.4) is 0 Å². The monoisotopic (exact) mass is 582 g/mol. The Hall–Kier alpha value is -1.80. The number of hydrogen-bond donors (Lipinski definition) is 4. The fourth-order valence-corrected chi connectivity index (χ4v) is 4.37. The molecule has 0 spiro atoms. The van der Waals surface area contributed by atoms with Crippen LogP contribution in [0, 0.1) is 0 Å². The van der Waals surface area contributed by atoms with Crippen LogP contribution in [0.5, 0.6) is 0 Å². The number of hydrogen-bond acceptors (Lipinski definition) is 6. The maximum atomic E-state index is 12.5. The van der Waals surface area contributed by atoms with E-state index < -0.39 is 20.0 Å². The van der Waals surface area contributed by atoms with E-state index in [-0.39, 0.29) is 32.1 Å². The van der Waals surface area contributed by atoms with E-state index in [1.165, 1.54) is 25.7 Å². The van der Waals surface area contributed by atoms with Crippen molar-refractivity contribution < 1.29 is 28.4 Å². The standard InChI is InChI=1S/C31H55N2O6P/c1-3-5-7-9-11-13-14-15-16-17-19-21-23-25-31(35)33-29(28-39-40(36,37)38-27-26-32)30(34)24-22-20-18-12-10-8-6-4-2/h5,7,11,13,15-16,19,21-22,24,29-30,34H,3-4,6,8-10,12,14,17-18,20,23,25-28,32H2,1-2H3,(H,33,35)(H,36,37)/b7-5-,13-11-,16-15-,21-19-,24-22+. The van der Waals surface area contributed by atoms with Crippen LogP contribution in [0.15, 0.2) is 60.8 Å². The highest BCUT2D eigenvalue weighted by Crippen LogP contribution is 2.43. The summed E-state index contributed by atoms with van der Waals surface area (Å²) in [4.78, 5) is 22.3. The summed E-state index contributed by atoms with van der Waals surface area (Å²) in [5, 5.41) is 13.4. The molecule has 0 fully saturated rings. The lowest BCUT2D eigenvalue weighted by atomic mass is 10.1. The SMILES string of the molecule is CC/C=C\C/C=C\C/C=C\C/C=C\CCC(=O)NC(COP(=O)(O)OCCN)C(O)/C=C/CCCCCCCC. The van der Waals surface area contributed by atoms with Gasteiger partial charge in [0.15, 0.2) is 0 Å². The van der Waals surface area contributed by atoms with Gasteiger partial charge in [-0.3, -0.25) is 13.8 Å². The Balaban J connectivity index is 4.61. The molecule has 0 aliphatic carbocycles. The molecule has 0 radical (unpaired) electrons. The number of rotatable bonds is 26. The van der Waals surface area contributed by atoms with E-state index in [0.717, 1.165) is 44.9 Å². The van der Waals surface area contributed by atoms with Gasteiger partial charge in [-0.05, 0) is 44.9 Å². The Morgan fingerprint density at radius 3 is 2.08 bits per heavy atom. The van der Waals surface area contributed by atoms with Gasteiger partial charge in [-0.1, -0.05) is 107 Å². The molecular formula is C31H55N2O6P. The molecule has 8 nitrogen and oxygen atoms in total. The van der Waals surface area contributed by atoms with Crippen LogP contribution in [-0.4, -0.2) is 47.8 Å². The van der Waals surface area contributed by atoms with Crippen LogP contribution in [0.4, 0.5) is 0 Å². The number of unbranched alkanes of at least 4 members (excludes halogenated alkanes) is 6. The van der Waals surface area contributed by atoms with Crippen LogP contribution in [-0.2, 0) is 18.4 Å². The minimum atomic E-state index is -4.34. The van der Waals surface area contributed by atoms with E-state index in [1.807, 2.05) is 18.2 Å². The number of aliphatic hydroxyl groups is 1. The molecular weight excluding hydrogens is 527 g/mol. The molecule has 0 bridgehead atoms. The van der Waals surface area contributed by atoms with Crippen molar-refractivity contribution in [3.8, 4) is 0 Å². The molecule has 0 aliphatic heterocycles. The Kier molecular flexibility index (Phi) is 26.1. The summed E-state index contributed by atoms with van der Waals surface area (Å²) in [7, 11) is -4.34. The lowest BCUT2D eigenvalue weighted by Crippen LogP contribution is -2.45. The topological polar surface area (TPSA) is 131 Å². The van der Waals surface area contributed by atoms with Crippen molar-refractivity contribution in [3.05, 3.63) is 60.8 Å². The fourth-order valence-electron chi connectivity index (χ4n) is 3.61. The van der Waals surface area contributed by atoms with Gasteiger partial charge in [0.25, 0.3) is 0 Å². The predicted molar refractivity (Wildman–Crippen MR) is 166 cm³/mol. The Morgan fingerprint density at radius 1 is 0.850 bits per heavy atom. The molecule has 0 saturated carbocycles. The molecule has 0 saturated heterocycles. The lowest BCUT2D eigenvalue weighted by molar-refractivity contribution is -0.122. The maximum absolute atomic E-state index is 12.5. The van der Waals surface area contributed by atoms with Gasteiger partial charge < -0.3 is 21.1 Å². The van der Waals surface area contributed by atoms with Gasteiger partial charge in [0.2, 0.25) is 5.91 Å². The minimum absolute atomic E-state index is 0.0647. The van der Waals surface area contributed by atoms with E-state index in [9.17, 15) is 19.4 Å². The summed E-state index contributed by atoms with van der Waals surface area (Å²) in [5.41, 5.74) is 5.31. The van der Waals surface area contributed by atoms with Crippen molar-refractivity contribution in [2.75, 3.05) is 19.8 Å². The second kappa shape index (κ2) is 27.4. The summed E-state index contributed by atoms with van der Waals surface area (Å²) in [6.07, 6.45) is 31.5. The second-order valence-electron chi connectivity index (χ2n) is 9.58. The third-order valence-electron chi connectivity index (χ3n) is 5.86. The molecule has 0 aromatic rings. The lowest BCUT2D eigenvalue weighted by Gasteiger charge is -2.23. The molecule has 0 heterocycles. The Bertz CT molecular complexity index is 810. The van der Waals surface area contributed by atoms with Gasteiger partial charge in [-0.25, -0.2) is 4.57 Å². The summed E-state index contributed by atoms with van der Waals surface area (Å²) in [6.45, 7) is 3.86. The maximum Gasteiger partial charge on any atom is 0.472 e. The van der Waals surface area contributed by atoms with Crippen molar-refractivity contribution in [3.63, 3.8) is 0 Å². The van der Waals surface area contributed by atoms with E-state index in [2.05, 4.69) is 55.6 Å². The number of aliphatic hydroxyl groups excluding tert-OH is 1. The first kappa shape index (κ1) is 38.2. The molecule has 5 N–H and O–H groups in total. The number of allylic oxidation sites excluding steroid dienone is 9. The zero-order valence-electron chi connectivity index (χ0n) is 24.8. The molecule has 3 unspecified atom stereocenters. The zero-order valence-corrected chi connectivity index (χ0v) is 25.7. The average Bonchev–Trinajstić information content (AvgIpc) is 2.93. The van der Waals surface area contributed by atoms with E-state index in [4.69, 9.17) is 14.8 Å². The normalized spacial score (nSPS) is 15.6. The van der Waals surface area contributed by atoms with E-state index in [0.29, 0.717) is 6.42 Å². The van der Waals surface area contributed by atoms with Crippen molar-refractivity contribution in [2.24, 2.45) is 5.73 Å². The summed E-state index contributed by atoms with van der Waals surface area (Å²) in [5.74, 6) is -0.282. The van der Waals surface area contributed by atoms with E-state index in [1.54, 1.807) is 6.08 Å². The molecule has 1 amide bonds. The number of carbonyl (C=O) groups is 1. The van der Waals surface area contributed by atoms with Crippen LogP contribution < -0.4 is 11.1 Å². The summed E-state index contributed by atoms with van der Waals surface area (Å²) in [6, 6.07) is -0.896. The van der Waals surface area contributed by atoms with E-state index >= 15 is 0 Å². The van der Waals surface area contributed by atoms with Crippen molar-refractivity contribution >= 4 is 13.7 Å². The second-order valence-corrected chi connectivity index (χ2v) is 11.0. The molecule has 0 aliphatic rings. The zero-order chi connectivity index (χ0) is 29.7. The van der Waals surface area contributed by atoms with Gasteiger partial charge in [0, 0.05) is 13.0 Å². The Labute approximate surface area is 243 Å². The van der Waals surface area contributed by atoms with Crippen LogP contribution in [0.2, 0.25) is 0 Å². The highest BCUT2D eigenvalue weighted by molar-refractivity contribution is 7.47. The quantitative estimate of drug-likeness (QED) is 0.0500. The first-order valence-corrected chi connectivity index (χ1v) is 16.4. The number of amides is 1. The molecule has 0 aromatic carbocycles. The average molecular weight is 583 g/mol. The first-order valence-electron chi connectivity index (χ1n) is 14.9. The van der Waals surface area contributed by atoms with Crippen LogP contribution in [0.25, 0.3) is 0 Å². The minimum Gasteiger partial charge on any atom is -0.387 e. The smallest absolute Gasteiger partial charge is 0.387 e. The number of phosphoric acid groups is 1. The largest absolute Gasteiger partial charge is 0.472 e. The van der Waals surface area contributed by atoms with Crippen molar-refractivity contribution in [2.45, 2.75) is 109 Å². The molecule has 0 rings (SSSR count). The van der Waals surface area contributed by atoms with Gasteiger partial charge in [0.1, 0.15) is 0 Å². The predicted octanol–water partition coefficient (Wildman–Crippen LogP) is 6.82. The fraction of sp³-hybridized carbons (Fsp3) is 0.645. The molecule has 9 heteroatoms. The number of nitrogens with one attached hydrogen (secondary N) is 1. The summed E-state index contributed by atoms with van der Waals surface area (Å²) < 4.78 is 21.8. The van der Waals surface area contributed by atoms with Crippen LogP contribution >= 0.6 is 7.82 Å². The first-order chi connectivity index (χ1) is 19.4. The molecule has 230 valence electrons. The highest BCUT2D eigenvalue weighted by Gasteiger charge is 2.26. The van der Waals surface area contributed by atoms with Gasteiger partial charge in [0.05, 0.1) is 25.4 Å². The van der Waals surface area contributed by atoms with Gasteiger partial charge in [-0.15, -0.1) is 0 Å². The third-order valence-corrected chi connectivity index (χ3v) is 6.85. The number of nitrogens with two attached hydrogens (primary N) is 1. The van der Waals surface area contributed by atoms with Crippen LogP contribution in [0.1, 0.15) is 97.3 Å². The third kappa shape index (κ3) is 25.2.